The van der Waals surface area contributed by atoms with Gasteiger partial charge in [-0.1, -0.05) is 30.3 Å². The zero-order valence-corrected chi connectivity index (χ0v) is 7.55. The van der Waals surface area contributed by atoms with Crippen LogP contribution < -0.4 is 5.84 Å². The van der Waals surface area contributed by atoms with E-state index in [2.05, 4.69) is 5.10 Å². The largest absolute Gasteiger partial charge is 0.463 e. The first-order valence-electron chi connectivity index (χ1n) is 4.29. The summed E-state index contributed by atoms with van der Waals surface area (Å²) in [6.07, 6.45) is 1.60. The first-order valence-corrected chi connectivity index (χ1v) is 4.29. The molecule has 0 radical (unpaired) electrons. The SMILES string of the molecule is NN=C(c1ccccc1)c1ccco1. The van der Waals surface area contributed by atoms with Crippen molar-refractivity contribution in [3.63, 3.8) is 0 Å². The number of benzene rings is 1. The highest BCUT2D eigenvalue weighted by molar-refractivity contribution is 6.10. The van der Waals surface area contributed by atoms with Crippen molar-refractivity contribution in [1.29, 1.82) is 0 Å². The molecule has 0 unspecified atom stereocenters. The molecule has 0 saturated carbocycles. The third kappa shape index (κ3) is 1.52. The maximum absolute atomic E-state index is 5.32. The van der Waals surface area contributed by atoms with Gasteiger partial charge in [0.15, 0.2) is 5.76 Å². The van der Waals surface area contributed by atoms with Gasteiger partial charge < -0.3 is 10.3 Å². The van der Waals surface area contributed by atoms with E-state index >= 15 is 0 Å². The zero-order valence-electron chi connectivity index (χ0n) is 7.55. The van der Waals surface area contributed by atoms with Crippen LogP contribution in [-0.2, 0) is 0 Å². The van der Waals surface area contributed by atoms with Gasteiger partial charge in [0.25, 0.3) is 0 Å². The molecular formula is C11H10N2O. The third-order valence-electron chi connectivity index (χ3n) is 1.93. The van der Waals surface area contributed by atoms with Gasteiger partial charge >= 0.3 is 0 Å². The summed E-state index contributed by atoms with van der Waals surface area (Å²) >= 11 is 0. The molecule has 2 N–H and O–H groups in total. The van der Waals surface area contributed by atoms with Crippen molar-refractivity contribution >= 4 is 5.71 Å². The van der Waals surface area contributed by atoms with E-state index in [-0.39, 0.29) is 0 Å². The van der Waals surface area contributed by atoms with Crippen molar-refractivity contribution in [3.05, 3.63) is 60.1 Å². The molecular weight excluding hydrogens is 176 g/mol. The van der Waals surface area contributed by atoms with Crippen LogP contribution in [0, 0.1) is 0 Å². The molecule has 0 aliphatic carbocycles. The summed E-state index contributed by atoms with van der Waals surface area (Å²) in [7, 11) is 0. The lowest BCUT2D eigenvalue weighted by Gasteiger charge is -2.00. The Hall–Kier alpha value is -2.03. The molecule has 1 aromatic carbocycles. The van der Waals surface area contributed by atoms with Gasteiger partial charge in [-0.05, 0) is 12.1 Å². The summed E-state index contributed by atoms with van der Waals surface area (Å²) in [5.74, 6) is 6.00. The Labute approximate surface area is 81.9 Å². The van der Waals surface area contributed by atoms with Crippen LogP contribution in [0.15, 0.2) is 58.2 Å². The lowest BCUT2D eigenvalue weighted by molar-refractivity contribution is 0.557. The molecule has 3 heteroatoms. The number of nitrogens with zero attached hydrogens (tertiary/aromatic N) is 1. The average Bonchev–Trinajstić information content (AvgIpc) is 2.74. The predicted molar refractivity (Wildman–Crippen MR) is 55.0 cm³/mol. The smallest absolute Gasteiger partial charge is 0.154 e. The lowest BCUT2D eigenvalue weighted by Crippen LogP contribution is -2.04. The van der Waals surface area contributed by atoms with E-state index in [0.717, 1.165) is 5.56 Å². The fraction of sp³-hybridized carbons (Fsp3) is 0. The van der Waals surface area contributed by atoms with Crippen molar-refractivity contribution in [1.82, 2.24) is 0 Å². The Morgan fingerprint density at radius 3 is 2.43 bits per heavy atom. The summed E-state index contributed by atoms with van der Waals surface area (Å²) < 4.78 is 5.23. The molecule has 0 amide bonds. The van der Waals surface area contributed by atoms with E-state index in [0.29, 0.717) is 11.5 Å². The Balaban J connectivity index is 2.43. The lowest BCUT2D eigenvalue weighted by atomic mass is 10.1. The van der Waals surface area contributed by atoms with E-state index in [4.69, 9.17) is 10.3 Å². The highest BCUT2D eigenvalue weighted by Crippen LogP contribution is 2.10. The summed E-state index contributed by atoms with van der Waals surface area (Å²) in [5.41, 5.74) is 1.61. The Morgan fingerprint density at radius 2 is 1.86 bits per heavy atom. The van der Waals surface area contributed by atoms with Crippen LogP contribution in [0.5, 0.6) is 0 Å². The molecule has 0 fully saturated rings. The Morgan fingerprint density at radius 1 is 1.07 bits per heavy atom. The first kappa shape index (κ1) is 8.56. The second-order valence-corrected chi connectivity index (χ2v) is 2.82. The van der Waals surface area contributed by atoms with Crippen LogP contribution in [-0.4, -0.2) is 5.71 Å². The molecule has 70 valence electrons. The van der Waals surface area contributed by atoms with Crippen LogP contribution in [0.4, 0.5) is 0 Å². The van der Waals surface area contributed by atoms with Gasteiger partial charge in [0.2, 0.25) is 0 Å². The fourth-order valence-corrected chi connectivity index (χ4v) is 1.29. The van der Waals surface area contributed by atoms with Crippen LogP contribution in [0.1, 0.15) is 11.3 Å². The summed E-state index contributed by atoms with van der Waals surface area (Å²) in [4.78, 5) is 0. The minimum Gasteiger partial charge on any atom is -0.463 e. The maximum Gasteiger partial charge on any atom is 0.154 e. The second-order valence-electron chi connectivity index (χ2n) is 2.82. The molecule has 2 rings (SSSR count). The molecule has 3 nitrogen and oxygen atoms in total. The predicted octanol–water partition coefficient (Wildman–Crippen LogP) is 1.99. The molecule has 1 aromatic heterocycles. The van der Waals surface area contributed by atoms with Gasteiger partial charge in [0, 0.05) is 5.56 Å². The van der Waals surface area contributed by atoms with E-state index < -0.39 is 0 Å². The van der Waals surface area contributed by atoms with E-state index in [9.17, 15) is 0 Å². The quantitative estimate of drug-likeness (QED) is 0.443. The molecule has 0 atom stereocenters. The van der Waals surface area contributed by atoms with Gasteiger partial charge in [0.05, 0.1) is 6.26 Å². The number of hydrazone groups is 1. The van der Waals surface area contributed by atoms with Gasteiger partial charge in [-0.25, -0.2) is 0 Å². The molecule has 0 bridgehead atoms. The van der Waals surface area contributed by atoms with Crippen molar-refractivity contribution in [3.8, 4) is 0 Å². The van der Waals surface area contributed by atoms with E-state index in [1.807, 2.05) is 42.5 Å². The average molecular weight is 186 g/mol. The van der Waals surface area contributed by atoms with Gasteiger partial charge in [-0.2, -0.15) is 5.10 Å². The van der Waals surface area contributed by atoms with Crippen molar-refractivity contribution < 1.29 is 4.42 Å². The minimum absolute atomic E-state index is 0.663. The van der Waals surface area contributed by atoms with Crippen LogP contribution in [0.2, 0.25) is 0 Å². The number of nitrogens with two attached hydrogens (primary N) is 1. The second kappa shape index (κ2) is 3.79. The van der Waals surface area contributed by atoms with E-state index in [1.54, 1.807) is 6.26 Å². The van der Waals surface area contributed by atoms with Gasteiger partial charge in [-0.3, -0.25) is 0 Å². The fourth-order valence-electron chi connectivity index (χ4n) is 1.29. The number of hydrogen-bond donors (Lipinski definition) is 1. The summed E-state index contributed by atoms with van der Waals surface area (Å²) in [5, 5.41) is 3.72. The highest BCUT2D eigenvalue weighted by Gasteiger charge is 2.07. The third-order valence-corrected chi connectivity index (χ3v) is 1.93. The molecule has 0 aliphatic heterocycles. The topological polar surface area (TPSA) is 51.5 Å². The Bertz CT molecular complexity index is 418. The zero-order chi connectivity index (χ0) is 9.80. The molecule has 14 heavy (non-hydrogen) atoms. The first-order chi connectivity index (χ1) is 6.92. The standard InChI is InChI=1S/C11H10N2O/c12-13-11(10-7-4-8-14-10)9-5-2-1-3-6-9/h1-8H,12H2. The molecule has 1 heterocycles. The number of rotatable bonds is 2. The summed E-state index contributed by atoms with van der Waals surface area (Å²) in [6, 6.07) is 13.3. The minimum atomic E-state index is 0.663. The van der Waals surface area contributed by atoms with Crippen LogP contribution in [0.3, 0.4) is 0 Å². The summed E-state index contributed by atoms with van der Waals surface area (Å²) in [6.45, 7) is 0. The van der Waals surface area contributed by atoms with Gasteiger partial charge in [0.1, 0.15) is 5.71 Å². The maximum atomic E-state index is 5.32. The van der Waals surface area contributed by atoms with Crippen LogP contribution >= 0.6 is 0 Å². The van der Waals surface area contributed by atoms with Crippen molar-refractivity contribution in [2.24, 2.45) is 10.9 Å². The van der Waals surface area contributed by atoms with Crippen LogP contribution in [0.25, 0.3) is 0 Å². The van der Waals surface area contributed by atoms with Gasteiger partial charge in [-0.15, -0.1) is 0 Å². The molecule has 0 aliphatic rings. The normalized spacial score (nSPS) is 11.6. The molecule has 0 saturated heterocycles. The number of furan rings is 1. The van der Waals surface area contributed by atoms with Crippen molar-refractivity contribution in [2.75, 3.05) is 0 Å². The van der Waals surface area contributed by atoms with Crippen molar-refractivity contribution in [2.45, 2.75) is 0 Å². The number of hydrogen-bond acceptors (Lipinski definition) is 3. The van der Waals surface area contributed by atoms with E-state index in [1.165, 1.54) is 0 Å². The Kier molecular flexibility index (Phi) is 2.32. The molecule has 0 spiro atoms. The molecule has 2 aromatic rings. The highest BCUT2D eigenvalue weighted by atomic mass is 16.3. The monoisotopic (exact) mass is 186 g/mol.